The number of hydrogen-bond acceptors (Lipinski definition) is 8. The monoisotopic (exact) mass is 502 g/mol. The highest BCUT2D eigenvalue weighted by Gasteiger charge is 2.31. The van der Waals surface area contributed by atoms with E-state index in [0.717, 1.165) is 29.2 Å². The van der Waals surface area contributed by atoms with Crippen molar-refractivity contribution >= 4 is 62.7 Å². The zero-order valence-electron chi connectivity index (χ0n) is 18.4. The summed E-state index contributed by atoms with van der Waals surface area (Å²) in [5.41, 5.74) is 0.929. The van der Waals surface area contributed by atoms with E-state index < -0.39 is 0 Å². The molecular weight excluding hydrogens is 476 g/mol. The second-order valence-corrected chi connectivity index (χ2v) is 10.9. The first-order valence-electron chi connectivity index (χ1n) is 11.1. The van der Waals surface area contributed by atoms with E-state index in [0.29, 0.717) is 33.4 Å². The van der Waals surface area contributed by atoms with E-state index in [-0.39, 0.29) is 18.2 Å². The topological polar surface area (TPSA) is 84.4 Å². The van der Waals surface area contributed by atoms with Gasteiger partial charge >= 0.3 is 0 Å². The first-order valence-corrected chi connectivity index (χ1v) is 13.1. The number of aromatic nitrogens is 2. The first-order chi connectivity index (χ1) is 16.0. The molecule has 2 aliphatic rings. The molecule has 2 fully saturated rings. The quantitative estimate of drug-likeness (QED) is 0.393. The molecule has 0 spiro atoms. The molecule has 33 heavy (non-hydrogen) atoms. The standard InChI is InChI=1S/C23H26N4O3S3/c1-15-25-26-22(32-15)24-20(28)8-5-13-27-21(29)19(33-23(27)31)14-16-9-11-18(12-10-16)30-17-6-3-2-4-7-17/h9-12,14,17H,2-8,13H2,1H3,(H,24,26,28)/b19-14-. The Kier molecular flexibility index (Phi) is 8.11. The van der Waals surface area contributed by atoms with Gasteiger partial charge in [-0.05, 0) is 62.8 Å². The van der Waals surface area contributed by atoms with Crippen LogP contribution in [0.1, 0.15) is 55.5 Å². The Balaban J connectivity index is 1.27. The molecule has 1 N–H and O–H groups in total. The molecule has 1 aliphatic carbocycles. The summed E-state index contributed by atoms with van der Waals surface area (Å²) in [6, 6.07) is 7.84. The fraction of sp³-hybridized carbons (Fsp3) is 0.435. The molecule has 1 saturated heterocycles. The molecule has 1 aliphatic heterocycles. The predicted octanol–water partition coefficient (Wildman–Crippen LogP) is 5.18. The molecule has 10 heteroatoms. The number of carbonyl (C=O) groups excluding carboxylic acids is 2. The van der Waals surface area contributed by atoms with Crippen molar-refractivity contribution in [1.82, 2.24) is 15.1 Å². The minimum absolute atomic E-state index is 0.118. The fourth-order valence-corrected chi connectivity index (χ4v) is 5.71. The zero-order chi connectivity index (χ0) is 23.2. The summed E-state index contributed by atoms with van der Waals surface area (Å²) in [7, 11) is 0. The first kappa shape index (κ1) is 23.8. The third kappa shape index (κ3) is 6.61. The highest BCUT2D eigenvalue weighted by atomic mass is 32.2. The molecule has 174 valence electrons. The third-order valence-electron chi connectivity index (χ3n) is 5.46. The number of amides is 2. The molecule has 1 aromatic carbocycles. The number of nitrogens with zero attached hydrogens (tertiary/aromatic N) is 3. The summed E-state index contributed by atoms with van der Waals surface area (Å²) < 4.78 is 6.59. The van der Waals surface area contributed by atoms with Gasteiger partial charge in [0.1, 0.15) is 15.1 Å². The Morgan fingerprint density at radius 1 is 1.24 bits per heavy atom. The minimum atomic E-state index is -0.150. The smallest absolute Gasteiger partial charge is 0.266 e. The lowest BCUT2D eigenvalue weighted by Gasteiger charge is -2.22. The number of rotatable bonds is 8. The Morgan fingerprint density at radius 2 is 2.00 bits per heavy atom. The molecule has 1 aromatic heterocycles. The van der Waals surface area contributed by atoms with Crippen LogP contribution in [0.2, 0.25) is 0 Å². The maximum absolute atomic E-state index is 12.8. The van der Waals surface area contributed by atoms with Crippen molar-refractivity contribution in [2.24, 2.45) is 0 Å². The Bertz CT molecular complexity index is 1050. The molecule has 4 rings (SSSR count). The van der Waals surface area contributed by atoms with Crippen molar-refractivity contribution in [2.75, 3.05) is 11.9 Å². The molecular formula is C23H26N4O3S3. The minimum Gasteiger partial charge on any atom is -0.490 e. The lowest BCUT2D eigenvalue weighted by molar-refractivity contribution is -0.122. The van der Waals surface area contributed by atoms with Gasteiger partial charge in [-0.2, -0.15) is 0 Å². The van der Waals surface area contributed by atoms with Crippen LogP contribution in [0.25, 0.3) is 6.08 Å². The lowest BCUT2D eigenvalue weighted by atomic mass is 9.98. The van der Waals surface area contributed by atoms with E-state index in [1.807, 2.05) is 37.3 Å². The number of benzene rings is 1. The van der Waals surface area contributed by atoms with Gasteiger partial charge in [-0.1, -0.05) is 53.9 Å². The molecule has 0 radical (unpaired) electrons. The van der Waals surface area contributed by atoms with Gasteiger partial charge < -0.3 is 10.1 Å². The average molecular weight is 503 g/mol. The maximum Gasteiger partial charge on any atom is 0.266 e. The van der Waals surface area contributed by atoms with Gasteiger partial charge in [-0.25, -0.2) is 0 Å². The second kappa shape index (κ2) is 11.2. The van der Waals surface area contributed by atoms with Gasteiger partial charge in [-0.15, -0.1) is 10.2 Å². The Labute approximate surface area is 207 Å². The van der Waals surface area contributed by atoms with E-state index in [2.05, 4.69) is 15.5 Å². The normalized spacial score (nSPS) is 18.2. The van der Waals surface area contributed by atoms with Crippen LogP contribution >= 0.6 is 35.3 Å². The highest BCUT2D eigenvalue weighted by Crippen LogP contribution is 2.33. The van der Waals surface area contributed by atoms with Crippen molar-refractivity contribution in [3.63, 3.8) is 0 Å². The SMILES string of the molecule is Cc1nnc(NC(=O)CCCN2C(=O)/C(=C/c3ccc(OC4CCCCC4)cc3)SC2=S)s1. The Morgan fingerprint density at radius 3 is 2.70 bits per heavy atom. The van der Waals surface area contributed by atoms with Crippen LogP contribution in [0.3, 0.4) is 0 Å². The molecule has 2 heterocycles. The summed E-state index contributed by atoms with van der Waals surface area (Å²) in [5, 5.41) is 11.8. The number of thiocarbonyl (C=S) groups is 1. The third-order valence-corrected chi connectivity index (χ3v) is 7.60. The summed E-state index contributed by atoms with van der Waals surface area (Å²) in [4.78, 5) is 27.1. The average Bonchev–Trinajstić information content (AvgIpc) is 3.33. The molecule has 2 amide bonds. The van der Waals surface area contributed by atoms with Crippen LogP contribution in [0.15, 0.2) is 29.2 Å². The van der Waals surface area contributed by atoms with E-state index in [9.17, 15) is 9.59 Å². The number of carbonyl (C=O) groups is 2. The molecule has 0 bridgehead atoms. The van der Waals surface area contributed by atoms with Gasteiger partial charge in [-0.3, -0.25) is 14.5 Å². The number of aryl methyl sites for hydroxylation is 1. The summed E-state index contributed by atoms with van der Waals surface area (Å²) >= 11 is 8.02. The van der Waals surface area contributed by atoms with Crippen molar-refractivity contribution in [1.29, 1.82) is 0 Å². The molecule has 7 nitrogen and oxygen atoms in total. The van der Waals surface area contributed by atoms with Crippen LogP contribution in [-0.4, -0.2) is 43.9 Å². The van der Waals surface area contributed by atoms with Gasteiger partial charge in [0.05, 0.1) is 11.0 Å². The van der Waals surface area contributed by atoms with Crippen LogP contribution < -0.4 is 10.1 Å². The van der Waals surface area contributed by atoms with Crippen LogP contribution in [0, 0.1) is 6.92 Å². The Hall–Kier alpha value is -2.30. The highest BCUT2D eigenvalue weighted by molar-refractivity contribution is 8.26. The van der Waals surface area contributed by atoms with Crippen LogP contribution in [0.4, 0.5) is 5.13 Å². The van der Waals surface area contributed by atoms with Crippen LogP contribution in [-0.2, 0) is 9.59 Å². The molecule has 2 aromatic rings. The van der Waals surface area contributed by atoms with Gasteiger partial charge in [0.2, 0.25) is 11.0 Å². The zero-order valence-corrected chi connectivity index (χ0v) is 20.9. The fourth-order valence-electron chi connectivity index (χ4n) is 3.79. The number of anilines is 1. The van der Waals surface area contributed by atoms with E-state index in [1.54, 1.807) is 4.90 Å². The van der Waals surface area contributed by atoms with E-state index >= 15 is 0 Å². The van der Waals surface area contributed by atoms with Crippen molar-refractivity contribution < 1.29 is 14.3 Å². The number of ether oxygens (including phenoxy) is 1. The second-order valence-electron chi connectivity index (χ2n) is 8.06. The number of nitrogens with one attached hydrogen (secondary N) is 1. The van der Waals surface area contributed by atoms with E-state index in [1.165, 1.54) is 42.4 Å². The van der Waals surface area contributed by atoms with E-state index in [4.69, 9.17) is 17.0 Å². The summed E-state index contributed by atoms with van der Waals surface area (Å²) in [6.45, 7) is 2.23. The van der Waals surface area contributed by atoms with Crippen molar-refractivity contribution in [3.8, 4) is 5.75 Å². The van der Waals surface area contributed by atoms with Gasteiger partial charge in [0, 0.05) is 13.0 Å². The maximum atomic E-state index is 12.8. The number of hydrogen-bond donors (Lipinski definition) is 1. The predicted molar refractivity (Wildman–Crippen MR) is 136 cm³/mol. The van der Waals surface area contributed by atoms with Gasteiger partial charge in [0.25, 0.3) is 5.91 Å². The summed E-state index contributed by atoms with van der Waals surface area (Å²) in [5.74, 6) is 0.601. The van der Waals surface area contributed by atoms with Crippen LogP contribution in [0.5, 0.6) is 5.75 Å². The van der Waals surface area contributed by atoms with Crippen molar-refractivity contribution in [3.05, 3.63) is 39.7 Å². The lowest BCUT2D eigenvalue weighted by Crippen LogP contribution is -2.29. The van der Waals surface area contributed by atoms with Gasteiger partial charge in [0.15, 0.2) is 0 Å². The number of thioether (sulfide) groups is 1. The summed E-state index contributed by atoms with van der Waals surface area (Å²) in [6.07, 6.45) is 8.96. The van der Waals surface area contributed by atoms with Crippen molar-refractivity contribution in [2.45, 2.75) is 58.0 Å². The largest absolute Gasteiger partial charge is 0.490 e. The molecule has 1 saturated carbocycles. The molecule has 0 atom stereocenters. The molecule has 0 unspecified atom stereocenters.